The van der Waals surface area contributed by atoms with Gasteiger partial charge in [0.15, 0.2) is 0 Å². The van der Waals surface area contributed by atoms with Gasteiger partial charge in [-0.3, -0.25) is 4.39 Å². The zero-order chi connectivity index (χ0) is 11.8. The Kier molecular flexibility index (Phi) is 7.63. The Morgan fingerprint density at radius 2 is 1.93 bits per heavy atom. The van der Waals surface area contributed by atoms with Gasteiger partial charge in [-0.25, -0.2) is 0 Å². The summed E-state index contributed by atoms with van der Waals surface area (Å²) in [6.45, 7) is 7.60. The van der Waals surface area contributed by atoms with E-state index in [1.165, 1.54) is 0 Å². The molecule has 0 fully saturated rings. The molecule has 0 saturated carbocycles. The number of halogens is 1. The van der Waals surface area contributed by atoms with Crippen LogP contribution in [0.15, 0.2) is 0 Å². The van der Waals surface area contributed by atoms with Crippen LogP contribution in [0.3, 0.4) is 0 Å². The van der Waals surface area contributed by atoms with Crippen LogP contribution in [0.1, 0.15) is 53.4 Å². The minimum Gasteiger partial charge on any atom is -0.300 e. The maximum absolute atomic E-state index is 12.9. The van der Waals surface area contributed by atoms with Crippen molar-refractivity contribution in [3.05, 3.63) is 0 Å². The number of ketones is 1. The highest BCUT2D eigenvalue weighted by Gasteiger charge is 2.25. The normalized spacial score (nSPS) is 15.3. The summed E-state index contributed by atoms with van der Waals surface area (Å²) in [5, 5.41) is 0. The van der Waals surface area contributed by atoms with Crippen molar-refractivity contribution >= 4 is 5.78 Å². The monoisotopic (exact) mass is 216 g/mol. The molecular weight excluding hydrogens is 191 g/mol. The van der Waals surface area contributed by atoms with E-state index in [4.69, 9.17) is 0 Å². The van der Waals surface area contributed by atoms with Crippen LogP contribution in [0.2, 0.25) is 0 Å². The third-order valence-electron chi connectivity index (χ3n) is 3.10. The topological polar surface area (TPSA) is 17.1 Å². The quantitative estimate of drug-likeness (QED) is 0.599. The summed E-state index contributed by atoms with van der Waals surface area (Å²) in [6, 6.07) is 0. The molecule has 1 nitrogen and oxygen atoms in total. The van der Waals surface area contributed by atoms with E-state index in [9.17, 15) is 9.18 Å². The fourth-order valence-electron chi connectivity index (χ4n) is 2.24. The first-order chi connectivity index (χ1) is 7.02. The fraction of sp³-hybridized carbons (Fsp3) is 0.923. The fourth-order valence-corrected chi connectivity index (χ4v) is 2.24. The summed E-state index contributed by atoms with van der Waals surface area (Å²) in [4.78, 5) is 11.0. The molecule has 0 aromatic rings. The van der Waals surface area contributed by atoms with E-state index >= 15 is 0 Å². The van der Waals surface area contributed by atoms with Crippen molar-refractivity contribution in [2.24, 2.45) is 17.8 Å². The number of rotatable bonds is 8. The maximum Gasteiger partial charge on any atom is 0.130 e. The number of alkyl halides is 1. The number of hydrogen-bond acceptors (Lipinski definition) is 1. The van der Waals surface area contributed by atoms with E-state index in [0.29, 0.717) is 18.3 Å². The van der Waals surface area contributed by atoms with Crippen molar-refractivity contribution in [1.29, 1.82) is 0 Å². The summed E-state index contributed by atoms with van der Waals surface area (Å²) < 4.78 is 12.9. The summed E-state index contributed by atoms with van der Waals surface area (Å²) in [7, 11) is 0. The molecule has 0 saturated heterocycles. The molecule has 0 bridgehead atoms. The van der Waals surface area contributed by atoms with E-state index in [1.807, 2.05) is 0 Å². The van der Waals surface area contributed by atoms with Gasteiger partial charge in [0.25, 0.3) is 0 Å². The summed E-state index contributed by atoms with van der Waals surface area (Å²) >= 11 is 0. The lowest BCUT2D eigenvalue weighted by Gasteiger charge is -2.27. The molecule has 2 heteroatoms. The molecule has 0 aliphatic carbocycles. The largest absolute Gasteiger partial charge is 0.300 e. The molecule has 2 atom stereocenters. The third kappa shape index (κ3) is 5.91. The van der Waals surface area contributed by atoms with Gasteiger partial charge >= 0.3 is 0 Å². The first kappa shape index (κ1) is 14.6. The first-order valence-corrected chi connectivity index (χ1v) is 6.08. The Balaban J connectivity index is 4.33. The molecule has 0 aromatic heterocycles. The van der Waals surface area contributed by atoms with Crippen LogP contribution in [0, 0.1) is 17.8 Å². The van der Waals surface area contributed by atoms with Gasteiger partial charge in [0.05, 0.1) is 6.67 Å². The second kappa shape index (κ2) is 7.84. The predicted molar refractivity (Wildman–Crippen MR) is 62.6 cm³/mol. The van der Waals surface area contributed by atoms with Gasteiger partial charge in [-0.15, -0.1) is 0 Å². The molecule has 90 valence electrons. The third-order valence-corrected chi connectivity index (χ3v) is 3.10. The lowest BCUT2D eigenvalue weighted by Crippen LogP contribution is -2.24. The highest BCUT2D eigenvalue weighted by atomic mass is 19.1. The Labute approximate surface area is 93.4 Å². The van der Waals surface area contributed by atoms with Crippen LogP contribution in [0.5, 0.6) is 0 Å². The van der Waals surface area contributed by atoms with Crippen LogP contribution in [0.4, 0.5) is 4.39 Å². The minimum atomic E-state index is -0.355. The second-order valence-corrected chi connectivity index (χ2v) is 4.87. The Hall–Kier alpha value is -0.400. The van der Waals surface area contributed by atoms with Crippen molar-refractivity contribution < 1.29 is 9.18 Å². The van der Waals surface area contributed by atoms with E-state index in [-0.39, 0.29) is 18.4 Å². The molecule has 0 aliphatic heterocycles. The minimum absolute atomic E-state index is 0.0611. The SMILES string of the molecule is CCCCC(C(C)C)[C@H](CF)CC(C)=O. The number of hydrogen-bond donors (Lipinski definition) is 0. The van der Waals surface area contributed by atoms with Gasteiger partial charge in [-0.1, -0.05) is 33.6 Å². The number of Topliss-reactive ketones (excluding diaryl/α,β-unsaturated/α-hetero) is 1. The first-order valence-electron chi connectivity index (χ1n) is 6.08. The van der Waals surface area contributed by atoms with Crippen LogP contribution in [-0.4, -0.2) is 12.5 Å². The molecule has 0 aromatic carbocycles. The molecule has 0 radical (unpaired) electrons. The zero-order valence-corrected chi connectivity index (χ0v) is 10.6. The second-order valence-electron chi connectivity index (χ2n) is 4.87. The standard InChI is InChI=1S/C13H25FO/c1-5-6-7-13(10(2)3)12(9-14)8-11(4)15/h10,12-13H,5-9H2,1-4H3/t12-,13?/m0/s1. The van der Waals surface area contributed by atoms with Crippen molar-refractivity contribution in [2.45, 2.75) is 53.4 Å². The lowest BCUT2D eigenvalue weighted by molar-refractivity contribution is -0.118. The number of carbonyl (C=O) groups is 1. The summed E-state index contributed by atoms with van der Waals surface area (Å²) in [5.74, 6) is 0.879. The molecule has 0 aliphatic rings. The molecule has 0 heterocycles. The van der Waals surface area contributed by atoms with Gasteiger partial charge in [0.1, 0.15) is 5.78 Å². The number of unbranched alkanes of at least 4 members (excludes halogenated alkanes) is 1. The van der Waals surface area contributed by atoms with Crippen LogP contribution in [-0.2, 0) is 4.79 Å². The number of carbonyl (C=O) groups excluding carboxylic acids is 1. The molecule has 0 rings (SSSR count). The summed E-state index contributed by atoms with van der Waals surface area (Å²) in [6.07, 6.45) is 3.73. The molecule has 0 amide bonds. The molecular formula is C13H25FO. The highest BCUT2D eigenvalue weighted by Crippen LogP contribution is 2.29. The van der Waals surface area contributed by atoms with Crippen molar-refractivity contribution in [2.75, 3.05) is 6.67 Å². The van der Waals surface area contributed by atoms with E-state index in [1.54, 1.807) is 6.92 Å². The van der Waals surface area contributed by atoms with Gasteiger partial charge in [0.2, 0.25) is 0 Å². The Morgan fingerprint density at radius 3 is 2.27 bits per heavy atom. The van der Waals surface area contributed by atoms with Crippen LogP contribution < -0.4 is 0 Å². The lowest BCUT2D eigenvalue weighted by atomic mass is 9.78. The molecule has 0 N–H and O–H groups in total. The average molecular weight is 216 g/mol. The molecule has 1 unspecified atom stereocenters. The zero-order valence-electron chi connectivity index (χ0n) is 10.6. The van der Waals surface area contributed by atoms with Crippen LogP contribution >= 0.6 is 0 Å². The van der Waals surface area contributed by atoms with E-state index < -0.39 is 0 Å². The van der Waals surface area contributed by atoms with Crippen molar-refractivity contribution in [1.82, 2.24) is 0 Å². The summed E-state index contributed by atoms with van der Waals surface area (Å²) in [5.41, 5.74) is 0. The van der Waals surface area contributed by atoms with E-state index in [2.05, 4.69) is 20.8 Å². The van der Waals surface area contributed by atoms with Gasteiger partial charge in [-0.05, 0) is 31.1 Å². The van der Waals surface area contributed by atoms with Gasteiger partial charge < -0.3 is 4.79 Å². The Morgan fingerprint density at radius 1 is 1.33 bits per heavy atom. The van der Waals surface area contributed by atoms with Crippen LogP contribution in [0.25, 0.3) is 0 Å². The predicted octanol–water partition coefficient (Wildman–Crippen LogP) is 4.01. The van der Waals surface area contributed by atoms with Gasteiger partial charge in [0, 0.05) is 6.42 Å². The van der Waals surface area contributed by atoms with Gasteiger partial charge in [-0.2, -0.15) is 0 Å². The molecule has 0 spiro atoms. The highest BCUT2D eigenvalue weighted by molar-refractivity contribution is 5.75. The average Bonchev–Trinajstić information content (AvgIpc) is 2.15. The Bertz CT molecular complexity index is 177. The molecule has 15 heavy (non-hydrogen) atoms. The van der Waals surface area contributed by atoms with E-state index in [0.717, 1.165) is 19.3 Å². The van der Waals surface area contributed by atoms with Crippen molar-refractivity contribution in [3.8, 4) is 0 Å². The van der Waals surface area contributed by atoms with Crippen molar-refractivity contribution in [3.63, 3.8) is 0 Å². The maximum atomic E-state index is 12.9. The smallest absolute Gasteiger partial charge is 0.130 e.